The van der Waals surface area contributed by atoms with Crippen molar-refractivity contribution >= 4 is 5.69 Å². The maximum atomic E-state index is 3.56. The topological polar surface area (TPSA) is 12.0 Å². The van der Waals surface area contributed by atoms with E-state index in [4.69, 9.17) is 0 Å². The van der Waals surface area contributed by atoms with Gasteiger partial charge in [-0.3, -0.25) is 0 Å². The summed E-state index contributed by atoms with van der Waals surface area (Å²) in [7, 11) is 0. The summed E-state index contributed by atoms with van der Waals surface area (Å²) >= 11 is 0. The van der Waals surface area contributed by atoms with Gasteiger partial charge in [-0.1, -0.05) is 30.3 Å². The van der Waals surface area contributed by atoms with Crippen LogP contribution in [0.3, 0.4) is 0 Å². The van der Waals surface area contributed by atoms with E-state index < -0.39 is 0 Å². The van der Waals surface area contributed by atoms with Crippen molar-refractivity contribution in [2.24, 2.45) is 0 Å². The Morgan fingerprint density at radius 1 is 1.06 bits per heavy atom. The number of benzene rings is 2. The molecule has 1 aliphatic carbocycles. The summed E-state index contributed by atoms with van der Waals surface area (Å²) in [6, 6.07) is 15.4. The van der Waals surface area contributed by atoms with Crippen LogP contribution in [0.4, 0.5) is 5.69 Å². The molecule has 1 unspecified atom stereocenters. The van der Waals surface area contributed by atoms with Crippen molar-refractivity contribution in [3.8, 4) is 0 Å². The molecule has 0 heterocycles. The maximum absolute atomic E-state index is 3.56. The largest absolute Gasteiger partial charge is 0.384 e. The Hall–Kier alpha value is -1.76. The molecule has 3 rings (SSSR count). The second kappa shape index (κ2) is 4.49. The van der Waals surface area contributed by atoms with E-state index in [0.717, 1.165) is 6.54 Å². The second-order valence-electron chi connectivity index (χ2n) is 5.28. The molecule has 0 aromatic heterocycles. The molecule has 0 saturated heterocycles. The first-order valence-corrected chi connectivity index (χ1v) is 6.63. The van der Waals surface area contributed by atoms with Crippen molar-refractivity contribution < 1.29 is 0 Å². The van der Waals surface area contributed by atoms with Crippen LogP contribution >= 0.6 is 0 Å². The molecule has 0 fully saturated rings. The third-order valence-corrected chi connectivity index (χ3v) is 4.02. The molecule has 92 valence electrons. The van der Waals surface area contributed by atoms with Crippen LogP contribution in [0.15, 0.2) is 42.5 Å². The zero-order chi connectivity index (χ0) is 12.5. The highest BCUT2D eigenvalue weighted by Crippen LogP contribution is 2.34. The van der Waals surface area contributed by atoms with E-state index in [1.54, 1.807) is 0 Å². The Labute approximate surface area is 109 Å². The van der Waals surface area contributed by atoms with Gasteiger partial charge in [-0.25, -0.2) is 0 Å². The third kappa shape index (κ3) is 2.01. The Morgan fingerprint density at radius 3 is 2.67 bits per heavy atom. The molecule has 0 bridgehead atoms. The number of hydrogen-bond acceptors (Lipinski definition) is 1. The molecule has 1 atom stereocenters. The Kier molecular flexibility index (Phi) is 2.83. The van der Waals surface area contributed by atoms with Gasteiger partial charge in [0.2, 0.25) is 0 Å². The minimum absolute atomic E-state index is 0.683. The molecule has 1 aliphatic rings. The van der Waals surface area contributed by atoms with E-state index in [2.05, 4.69) is 61.6 Å². The van der Waals surface area contributed by atoms with E-state index in [0.29, 0.717) is 5.92 Å². The zero-order valence-corrected chi connectivity index (χ0v) is 11.0. The fourth-order valence-corrected chi connectivity index (χ4v) is 2.64. The molecule has 0 spiro atoms. The molecule has 2 aromatic carbocycles. The van der Waals surface area contributed by atoms with Crippen LogP contribution in [-0.4, -0.2) is 6.54 Å². The fourth-order valence-electron chi connectivity index (χ4n) is 2.64. The molecule has 2 aromatic rings. The van der Waals surface area contributed by atoms with E-state index in [-0.39, 0.29) is 0 Å². The second-order valence-corrected chi connectivity index (χ2v) is 5.28. The summed E-state index contributed by atoms with van der Waals surface area (Å²) in [6.07, 6.45) is 1.22. The molecular formula is C17H19N. The maximum Gasteiger partial charge on any atom is 0.0343 e. The number of anilines is 1. The first kappa shape index (κ1) is 11.3. The normalized spacial score (nSPS) is 16.9. The van der Waals surface area contributed by atoms with Crippen molar-refractivity contribution in [3.05, 3.63) is 64.7 Å². The van der Waals surface area contributed by atoms with Crippen LogP contribution < -0.4 is 5.32 Å². The van der Waals surface area contributed by atoms with Crippen LogP contribution in [-0.2, 0) is 6.42 Å². The van der Waals surface area contributed by atoms with Gasteiger partial charge in [-0.2, -0.15) is 0 Å². The van der Waals surface area contributed by atoms with Crippen molar-refractivity contribution in [1.82, 2.24) is 0 Å². The summed E-state index contributed by atoms with van der Waals surface area (Å²) < 4.78 is 0. The SMILES string of the molecule is Cc1ccc(NCC2Cc3ccccc32)cc1C. The number of nitrogens with one attached hydrogen (secondary N) is 1. The van der Waals surface area contributed by atoms with Crippen LogP contribution in [0.5, 0.6) is 0 Å². The summed E-state index contributed by atoms with van der Waals surface area (Å²) in [6.45, 7) is 5.36. The quantitative estimate of drug-likeness (QED) is 0.849. The lowest BCUT2D eigenvalue weighted by molar-refractivity contribution is 0.636. The van der Waals surface area contributed by atoms with E-state index >= 15 is 0 Å². The lowest BCUT2D eigenvalue weighted by Gasteiger charge is -2.30. The van der Waals surface area contributed by atoms with Crippen molar-refractivity contribution in [3.63, 3.8) is 0 Å². The highest BCUT2D eigenvalue weighted by atomic mass is 14.9. The molecule has 18 heavy (non-hydrogen) atoms. The molecule has 1 nitrogen and oxygen atoms in total. The number of hydrogen-bond donors (Lipinski definition) is 1. The molecule has 1 heteroatoms. The smallest absolute Gasteiger partial charge is 0.0343 e. The average Bonchev–Trinajstić information content (AvgIpc) is 2.35. The van der Waals surface area contributed by atoms with Gasteiger partial charge in [0.05, 0.1) is 0 Å². The van der Waals surface area contributed by atoms with Crippen LogP contribution in [0, 0.1) is 13.8 Å². The first-order chi connectivity index (χ1) is 8.74. The highest BCUT2D eigenvalue weighted by Gasteiger charge is 2.24. The predicted molar refractivity (Wildman–Crippen MR) is 77.3 cm³/mol. The van der Waals surface area contributed by atoms with Crippen molar-refractivity contribution in [2.45, 2.75) is 26.2 Å². The molecular weight excluding hydrogens is 218 g/mol. The third-order valence-electron chi connectivity index (χ3n) is 4.02. The molecule has 1 N–H and O–H groups in total. The Balaban J connectivity index is 1.65. The first-order valence-electron chi connectivity index (χ1n) is 6.63. The van der Waals surface area contributed by atoms with Gasteiger partial charge in [0.25, 0.3) is 0 Å². The van der Waals surface area contributed by atoms with Crippen LogP contribution in [0.1, 0.15) is 28.2 Å². The van der Waals surface area contributed by atoms with E-state index in [1.807, 2.05) is 0 Å². The highest BCUT2D eigenvalue weighted by molar-refractivity contribution is 5.49. The Bertz CT molecular complexity index is 572. The van der Waals surface area contributed by atoms with Crippen molar-refractivity contribution in [1.29, 1.82) is 0 Å². The van der Waals surface area contributed by atoms with Crippen molar-refractivity contribution in [2.75, 3.05) is 11.9 Å². The minimum atomic E-state index is 0.683. The van der Waals surface area contributed by atoms with Gasteiger partial charge >= 0.3 is 0 Å². The standard InChI is InChI=1S/C17H19N/c1-12-7-8-16(9-13(12)2)18-11-15-10-14-5-3-4-6-17(14)15/h3-9,15,18H,10-11H2,1-2H3. The average molecular weight is 237 g/mol. The monoisotopic (exact) mass is 237 g/mol. The molecule has 0 aliphatic heterocycles. The Morgan fingerprint density at radius 2 is 1.89 bits per heavy atom. The van der Waals surface area contributed by atoms with Gasteiger partial charge in [-0.15, -0.1) is 0 Å². The minimum Gasteiger partial charge on any atom is -0.384 e. The lowest BCUT2D eigenvalue weighted by atomic mass is 9.77. The number of rotatable bonds is 3. The summed E-state index contributed by atoms with van der Waals surface area (Å²) in [5, 5.41) is 3.56. The summed E-state index contributed by atoms with van der Waals surface area (Å²) in [4.78, 5) is 0. The molecule has 0 amide bonds. The number of fused-ring (bicyclic) bond motifs is 1. The molecule has 0 radical (unpaired) electrons. The molecule has 0 saturated carbocycles. The lowest BCUT2D eigenvalue weighted by Crippen LogP contribution is -2.24. The van der Waals surface area contributed by atoms with Gasteiger partial charge in [0, 0.05) is 18.2 Å². The van der Waals surface area contributed by atoms with Gasteiger partial charge in [0.15, 0.2) is 0 Å². The van der Waals surface area contributed by atoms with Gasteiger partial charge in [0.1, 0.15) is 0 Å². The van der Waals surface area contributed by atoms with Crippen LogP contribution in [0.25, 0.3) is 0 Å². The van der Waals surface area contributed by atoms with Gasteiger partial charge < -0.3 is 5.32 Å². The van der Waals surface area contributed by atoms with Crippen LogP contribution in [0.2, 0.25) is 0 Å². The van der Waals surface area contributed by atoms with E-state index in [9.17, 15) is 0 Å². The zero-order valence-electron chi connectivity index (χ0n) is 11.0. The number of aryl methyl sites for hydroxylation is 2. The fraction of sp³-hybridized carbons (Fsp3) is 0.294. The summed E-state index contributed by atoms with van der Waals surface area (Å²) in [5.74, 6) is 0.683. The van der Waals surface area contributed by atoms with Gasteiger partial charge in [-0.05, 0) is 54.7 Å². The summed E-state index contributed by atoms with van der Waals surface area (Å²) in [5.41, 5.74) is 6.99. The van der Waals surface area contributed by atoms with E-state index in [1.165, 1.54) is 34.4 Å². The predicted octanol–water partition coefficient (Wildman–Crippen LogP) is 4.06.